The molecule has 4 N–H and O–H groups in total. The summed E-state index contributed by atoms with van der Waals surface area (Å²) in [4.78, 5) is 35.0. The topological polar surface area (TPSA) is 101 Å². The highest BCUT2D eigenvalue weighted by Crippen LogP contribution is 2.10. The molecule has 0 aliphatic carbocycles. The van der Waals surface area contributed by atoms with E-state index >= 15 is 0 Å². The number of benzene rings is 1. The standard InChI is InChI=1S/C15H15N3O3/c16-9-3-5-10-4-1-2-6-11(10)14(20)17-12-7-8-13(19)18-15(12)21/h1-2,4,6,12H,7-9,16H2,(H,17,20)(H,18,19,21). The van der Waals surface area contributed by atoms with Crippen LogP contribution in [0, 0.1) is 11.8 Å². The lowest BCUT2D eigenvalue weighted by Gasteiger charge is -2.22. The number of imide groups is 1. The Morgan fingerprint density at radius 2 is 2.14 bits per heavy atom. The van der Waals surface area contributed by atoms with Crippen LogP contribution in [0.4, 0.5) is 0 Å². The molecule has 0 saturated carbocycles. The van der Waals surface area contributed by atoms with Gasteiger partial charge in [-0.3, -0.25) is 19.7 Å². The van der Waals surface area contributed by atoms with Crippen molar-refractivity contribution in [1.82, 2.24) is 10.6 Å². The number of carbonyl (C=O) groups excluding carboxylic acids is 3. The molecule has 1 aliphatic rings. The largest absolute Gasteiger partial charge is 0.340 e. The van der Waals surface area contributed by atoms with E-state index in [0.29, 0.717) is 17.5 Å². The maximum atomic E-state index is 12.2. The molecule has 0 bridgehead atoms. The van der Waals surface area contributed by atoms with E-state index in [-0.39, 0.29) is 18.9 Å². The van der Waals surface area contributed by atoms with Gasteiger partial charge in [-0.2, -0.15) is 0 Å². The molecule has 1 heterocycles. The monoisotopic (exact) mass is 285 g/mol. The SMILES string of the molecule is NCC#Cc1ccccc1C(=O)NC1CCC(=O)NC1=O. The molecule has 108 valence electrons. The molecule has 0 radical (unpaired) electrons. The maximum absolute atomic E-state index is 12.2. The molecule has 1 unspecified atom stereocenters. The fraction of sp³-hybridized carbons (Fsp3) is 0.267. The predicted octanol–water partition coefficient (Wildman–Crippen LogP) is -0.468. The number of amides is 3. The zero-order valence-corrected chi connectivity index (χ0v) is 11.3. The number of hydrogen-bond donors (Lipinski definition) is 3. The minimum Gasteiger partial charge on any atom is -0.340 e. The molecular weight excluding hydrogens is 270 g/mol. The lowest BCUT2D eigenvalue weighted by atomic mass is 10.0. The van der Waals surface area contributed by atoms with E-state index in [1.54, 1.807) is 24.3 Å². The molecule has 21 heavy (non-hydrogen) atoms. The molecule has 6 heteroatoms. The summed E-state index contributed by atoms with van der Waals surface area (Å²) in [6.07, 6.45) is 0.512. The highest BCUT2D eigenvalue weighted by molar-refractivity contribution is 6.04. The Morgan fingerprint density at radius 1 is 1.38 bits per heavy atom. The lowest BCUT2D eigenvalue weighted by molar-refractivity contribution is -0.134. The number of rotatable bonds is 2. The van der Waals surface area contributed by atoms with Gasteiger partial charge in [0.25, 0.3) is 5.91 Å². The van der Waals surface area contributed by atoms with Crippen LogP contribution in [-0.2, 0) is 9.59 Å². The Morgan fingerprint density at radius 3 is 2.86 bits per heavy atom. The second-order valence-corrected chi connectivity index (χ2v) is 4.53. The second kappa shape index (κ2) is 6.68. The Hall–Kier alpha value is -2.65. The molecule has 1 saturated heterocycles. The summed E-state index contributed by atoms with van der Waals surface area (Å²) in [7, 11) is 0. The quantitative estimate of drug-likeness (QED) is 0.505. The summed E-state index contributed by atoms with van der Waals surface area (Å²) in [6.45, 7) is 0.198. The lowest BCUT2D eigenvalue weighted by Crippen LogP contribution is -2.52. The Bertz CT molecular complexity index is 643. The van der Waals surface area contributed by atoms with Gasteiger partial charge in [0.1, 0.15) is 6.04 Å². The molecular formula is C15H15N3O3. The van der Waals surface area contributed by atoms with Crippen molar-refractivity contribution in [2.45, 2.75) is 18.9 Å². The van der Waals surface area contributed by atoms with E-state index in [1.807, 2.05) is 0 Å². The molecule has 6 nitrogen and oxygen atoms in total. The Kier molecular flexibility index (Phi) is 4.69. The fourth-order valence-corrected chi connectivity index (χ4v) is 2.00. The minimum atomic E-state index is -0.703. The van der Waals surface area contributed by atoms with E-state index < -0.39 is 17.9 Å². The average molecular weight is 285 g/mol. The first kappa shape index (κ1) is 14.8. The fourth-order valence-electron chi connectivity index (χ4n) is 2.00. The van der Waals surface area contributed by atoms with Crippen molar-refractivity contribution >= 4 is 17.7 Å². The average Bonchev–Trinajstić information content (AvgIpc) is 2.48. The van der Waals surface area contributed by atoms with Gasteiger partial charge >= 0.3 is 0 Å². The summed E-state index contributed by atoms with van der Waals surface area (Å²) < 4.78 is 0. The van der Waals surface area contributed by atoms with Crippen molar-refractivity contribution < 1.29 is 14.4 Å². The molecule has 0 spiro atoms. The zero-order valence-electron chi connectivity index (χ0n) is 11.3. The van der Waals surface area contributed by atoms with Crippen molar-refractivity contribution in [3.8, 4) is 11.8 Å². The molecule has 1 aliphatic heterocycles. The first-order valence-corrected chi connectivity index (χ1v) is 6.54. The van der Waals surface area contributed by atoms with Crippen molar-refractivity contribution in [2.75, 3.05) is 6.54 Å². The summed E-state index contributed by atoms with van der Waals surface area (Å²) in [6, 6.07) is 6.12. The number of nitrogens with one attached hydrogen (secondary N) is 2. The first-order chi connectivity index (χ1) is 10.1. The van der Waals surface area contributed by atoms with Crippen molar-refractivity contribution in [2.24, 2.45) is 5.73 Å². The van der Waals surface area contributed by atoms with Crippen LogP contribution in [-0.4, -0.2) is 30.3 Å². The van der Waals surface area contributed by atoms with Crippen molar-refractivity contribution in [3.63, 3.8) is 0 Å². The van der Waals surface area contributed by atoms with Crippen LogP contribution in [0.1, 0.15) is 28.8 Å². The molecule has 1 atom stereocenters. The number of hydrogen-bond acceptors (Lipinski definition) is 4. The summed E-state index contributed by atoms with van der Waals surface area (Å²) in [5, 5.41) is 4.82. The highest BCUT2D eigenvalue weighted by atomic mass is 16.2. The number of nitrogens with two attached hydrogens (primary N) is 1. The van der Waals surface area contributed by atoms with Gasteiger partial charge in [-0.15, -0.1) is 0 Å². The smallest absolute Gasteiger partial charge is 0.253 e. The maximum Gasteiger partial charge on any atom is 0.253 e. The molecule has 1 aromatic rings. The van der Waals surface area contributed by atoms with Crippen molar-refractivity contribution in [3.05, 3.63) is 35.4 Å². The van der Waals surface area contributed by atoms with E-state index in [1.165, 1.54) is 0 Å². The summed E-state index contributed by atoms with van der Waals surface area (Å²) in [5.74, 6) is 4.31. The van der Waals surface area contributed by atoms with Gasteiger partial charge in [0, 0.05) is 12.0 Å². The van der Waals surface area contributed by atoms with Gasteiger partial charge in [0.05, 0.1) is 12.1 Å². The zero-order chi connectivity index (χ0) is 15.2. The second-order valence-electron chi connectivity index (χ2n) is 4.53. The van der Waals surface area contributed by atoms with Crippen LogP contribution in [0.25, 0.3) is 0 Å². The van der Waals surface area contributed by atoms with Gasteiger partial charge in [0.2, 0.25) is 11.8 Å². The van der Waals surface area contributed by atoms with Crippen LogP contribution in [0.15, 0.2) is 24.3 Å². The number of carbonyl (C=O) groups is 3. The van der Waals surface area contributed by atoms with Gasteiger partial charge in [-0.25, -0.2) is 0 Å². The predicted molar refractivity (Wildman–Crippen MR) is 76.0 cm³/mol. The van der Waals surface area contributed by atoms with Gasteiger partial charge in [-0.1, -0.05) is 24.0 Å². The molecule has 3 amide bonds. The Labute approximate surface area is 122 Å². The van der Waals surface area contributed by atoms with E-state index in [9.17, 15) is 14.4 Å². The number of piperidine rings is 1. The molecule has 1 fully saturated rings. The minimum absolute atomic E-state index is 0.198. The van der Waals surface area contributed by atoms with Crippen LogP contribution in [0.5, 0.6) is 0 Å². The van der Waals surface area contributed by atoms with Crippen LogP contribution in [0.3, 0.4) is 0 Å². The molecule has 2 rings (SSSR count). The van der Waals surface area contributed by atoms with E-state index in [0.717, 1.165) is 0 Å². The van der Waals surface area contributed by atoms with Crippen molar-refractivity contribution in [1.29, 1.82) is 0 Å². The third kappa shape index (κ3) is 3.68. The van der Waals surface area contributed by atoms with Crippen LogP contribution < -0.4 is 16.4 Å². The highest BCUT2D eigenvalue weighted by Gasteiger charge is 2.28. The molecule has 1 aromatic carbocycles. The summed E-state index contributed by atoms with van der Waals surface area (Å²) >= 11 is 0. The van der Waals surface area contributed by atoms with Gasteiger partial charge in [0.15, 0.2) is 0 Å². The first-order valence-electron chi connectivity index (χ1n) is 6.54. The normalized spacial score (nSPS) is 17.5. The third-order valence-corrected chi connectivity index (χ3v) is 3.04. The van der Waals surface area contributed by atoms with Crippen LogP contribution in [0.2, 0.25) is 0 Å². The summed E-state index contributed by atoms with van der Waals surface area (Å²) in [5.41, 5.74) is 6.25. The van der Waals surface area contributed by atoms with Gasteiger partial charge < -0.3 is 11.1 Å². The third-order valence-electron chi connectivity index (χ3n) is 3.04. The Balaban J connectivity index is 2.14. The molecule has 0 aromatic heterocycles. The van der Waals surface area contributed by atoms with E-state index in [4.69, 9.17) is 5.73 Å². The van der Waals surface area contributed by atoms with Crippen LogP contribution >= 0.6 is 0 Å². The van der Waals surface area contributed by atoms with Gasteiger partial charge in [-0.05, 0) is 18.6 Å². The van der Waals surface area contributed by atoms with E-state index in [2.05, 4.69) is 22.5 Å².